The van der Waals surface area contributed by atoms with Crippen molar-refractivity contribution in [1.29, 1.82) is 0 Å². The molecule has 33 heavy (non-hydrogen) atoms. The molecule has 1 aliphatic carbocycles. The van der Waals surface area contributed by atoms with Gasteiger partial charge in [0, 0.05) is 17.9 Å². The Labute approximate surface area is 198 Å². The molecule has 1 saturated carbocycles. The summed E-state index contributed by atoms with van der Waals surface area (Å²) in [5.74, 6) is 3.45. The van der Waals surface area contributed by atoms with E-state index in [1.807, 2.05) is 23.6 Å². The molecule has 0 radical (unpaired) electrons. The third-order valence-electron chi connectivity index (χ3n) is 6.61. The Hall–Kier alpha value is -3.26. The number of nitrogens with zero attached hydrogens (tertiary/aromatic N) is 5. The van der Waals surface area contributed by atoms with Gasteiger partial charge < -0.3 is 0 Å². The number of rotatable bonds is 8. The Morgan fingerprint density at radius 1 is 0.970 bits per heavy atom. The quantitative estimate of drug-likeness (QED) is 0.349. The maximum Gasteiger partial charge on any atom is 0.180 e. The van der Waals surface area contributed by atoms with Crippen molar-refractivity contribution in [2.45, 2.75) is 50.9 Å². The summed E-state index contributed by atoms with van der Waals surface area (Å²) in [6.07, 6.45) is 8.05. The van der Waals surface area contributed by atoms with Crippen LogP contribution in [-0.4, -0.2) is 41.2 Å². The van der Waals surface area contributed by atoms with Crippen LogP contribution in [0.4, 0.5) is 0 Å². The molecule has 0 saturated heterocycles. The number of nitrogens with one attached hydrogen (secondary N) is 2. The SMILES string of the molecule is S=CCC(c1n[nH]c(Cc2ccc(-c3ccccc3-c3nnn[nH]3)cc2)n1)C1CCCCC1. The summed E-state index contributed by atoms with van der Waals surface area (Å²) in [6, 6.07) is 16.7. The summed E-state index contributed by atoms with van der Waals surface area (Å²) in [5, 5.41) is 23.9. The number of thiocarbonyl (C=S) groups is 1. The third-order valence-corrected chi connectivity index (χ3v) is 6.81. The first-order valence-electron chi connectivity index (χ1n) is 11.6. The highest BCUT2D eigenvalue weighted by atomic mass is 32.1. The van der Waals surface area contributed by atoms with E-state index in [0.29, 0.717) is 17.7 Å². The summed E-state index contributed by atoms with van der Waals surface area (Å²) >= 11 is 5.19. The highest BCUT2D eigenvalue weighted by Gasteiger charge is 2.27. The van der Waals surface area contributed by atoms with Gasteiger partial charge in [-0.3, -0.25) is 5.10 Å². The van der Waals surface area contributed by atoms with Crippen LogP contribution in [0.3, 0.4) is 0 Å². The molecule has 2 heterocycles. The fourth-order valence-electron chi connectivity index (χ4n) is 4.91. The lowest BCUT2D eigenvalue weighted by Crippen LogP contribution is -2.18. The molecule has 1 aliphatic rings. The first kappa shape index (κ1) is 21.6. The van der Waals surface area contributed by atoms with Crippen LogP contribution in [0.1, 0.15) is 61.7 Å². The van der Waals surface area contributed by atoms with E-state index in [4.69, 9.17) is 17.2 Å². The van der Waals surface area contributed by atoms with Crippen LogP contribution < -0.4 is 0 Å². The average Bonchev–Trinajstić information content (AvgIpc) is 3.56. The minimum atomic E-state index is 0.331. The molecule has 168 valence electrons. The van der Waals surface area contributed by atoms with Crippen molar-refractivity contribution >= 4 is 17.6 Å². The summed E-state index contributed by atoms with van der Waals surface area (Å²) in [5.41, 5.74) is 4.36. The monoisotopic (exact) mass is 457 g/mol. The predicted octanol–water partition coefficient (Wildman–Crippen LogP) is 5.30. The van der Waals surface area contributed by atoms with Crippen molar-refractivity contribution in [2.75, 3.05) is 0 Å². The van der Waals surface area contributed by atoms with Crippen molar-refractivity contribution in [3.05, 3.63) is 65.7 Å². The molecule has 4 aromatic rings. The molecular weight excluding hydrogens is 430 g/mol. The maximum atomic E-state index is 5.19. The molecule has 5 rings (SSSR count). The topological polar surface area (TPSA) is 96.0 Å². The van der Waals surface area contributed by atoms with Crippen LogP contribution in [0.25, 0.3) is 22.5 Å². The minimum absolute atomic E-state index is 0.331. The van der Waals surface area contributed by atoms with E-state index in [2.05, 4.69) is 61.2 Å². The largest absolute Gasteiger partial charge is 0.263 e. The van der Waals surface area contributed by atoms with Crippen LogP contribution in [0, 0.1) is 5.92 Å². The number of tetrazole rings is 1. The Balaban J connectivity index is 1.32. The number of benzene rings is 2. The molecule has 8 heteroatoms. The molecule has 1 unspecified atom stereocenters. The summed E-state index contributed by atoms with van der Waals surface area (Å²) in [7, 11) is 0. The standard InChI is InChI=1S/C25H27N7S/c33-15-14-21(18-6-2-1-3-7-18)24-26-23(27-28-24)16-17-10-12-19(13-11-17)20-8-4-5-9-22(20)25-29-31-32-30-25/h4-5,8-13,15,18,21H,1-3,6-7,14,16H2,(H,26,27,28)(H,29,30,31,32). The highest BCUT2D eigenvalue weighted by Crippen LogP contribution is 2.36. The van der Waals surface area contributed by atoms with Gasteiger partial charge in [-0.15, -0.1) is 5.10 Å². The smallest absolute Gasteiger partial charge is 0.180 e. The van der Waals surface area contributed by atoms with E-state index in [9.17, 15) is 0 Å². The van der Waals surface area contributed by atoms with Gasteiger partial charge in [0.25, 0.3) is 0 Å². The number of H-pyrrole nitrogens is 2. The Morgan fingerprint density at radius 2 is 1.76 bits per heavy atom. The summed E-state index contributed by atoms with van der Waals surface area (Å²) < 4.78 is 0. The molecule has 0 amide bonds. The first-order valence-corrected chi connectivity index (χ1v) is 12.1. The Bertz CT molecular complexity index is 1180. The highest BCUT2D eigenvalue weighted by molar-refractivity contribution is 7.78. The molecule has 2 aromatic carbocycles. The van der Waals surface area contributed by atoms with Gasteiger partial charge in [-0.25, -0.2) is 10.1 Å². The van der Waals surface area contributed by atoms with Crippen LogP contribution in [0.5, 0.6) is 0 Å². The molecule has 2 N–H and O–H groups in total. The number of aromatic nitrogens is 7. The normalized spacial score (nSPS) is 15.4. The van der Waals surface area contributed by atoms with Crippen LogP contribution >= 0.6 is 12.2 Å². The molecule has 0 aliphatic heterocycles. The van der Waals surface area contributed by atoms with Crippen molar-refractivity contribution in [1.82, 2.24) is 35.8 Å². The van der Waals surface area contributed by atoms with Crippen LogP contribution in [0.15, 0.2) is 48.5 Å². The second kappa shape index (κ2) is 10.1. The van der Waals surface area contributed by atoms with Gasteiger partial charge in [0.1, 0.15) is 5.82 Å². The molecule has 2 aromatic heterocycles. The lowest BCUT2D eigenvalue weighted by Gasteiger charge is -2.27. The Morgan fingerprint density at radius 3 is 2.48 bits per heavy atom. The van der Waals surface area contributed by atoms with E-state index in [0.717, 1.165) is 41.2 Å². The van der Waals surface area contributed by atoms with E-state index >= 15 is 0 Å². The zero-order valence-corrected chi connectivity index (χ0v) is 19.3. The van der Waals surface area contributed by atoms with Gasteiger partial charge in [-0.1, -0.05) is 80.0 Å². The van der Waals surface area contributed by atoms with E-state index in [-0.39, 0.29) is 0 Å². The van der Waals surface area contributed by atoms with Gasteiger partial charge in [0.05, 0.1) is 0 Å². The van der Waals surface area contributed by atoms with Gasteiger partial charge in [-0.2, -0.15) is 5.10 Å². The van der Waals surface area contributed by atoms with Crippen LogP contribution in [-0.2, 0) is 6.42 Å². The van der Waals surface area contributed by atoms with Crippen molar-refractivity contribution in [3.8, 4) is 22.5 Å². The van der Waals surface area contributed by atoms with Gasteiger partial charge in [0.15, 0.2) is 11.6 Å². The molecule has 0 bridgehead atoms. The fraction of sp³-hybridized carbons (Fsp3) is 0.360. The molecule has 1 fully saturated rings. The zero-order chi connectivity index (χ0) is 22.5. The van der Waals surface area contributed by atoms with Crippen molar-refractivity contribution < 1.29 is 0 Å². The van der Waals surface area contributed by atoms with Crippen molar-refractivity contribution in [2.24, 2.45) is 5.92 Å². The second-order valence-corrected chi connectivity index (χ2v) is 9.05. The maximum absolute atomic E-state index is 5.19. The van der Waals surface area contributed by atoms with Crippen LogP contribution in [0.2, 0.25) is 0 Å². The lowest BCUT2D eigenvalue weighted by atomic mass is 9.78. The zero-order valence-electron chi connectivity index (χ0n) is 18.4. The molecule has 7 nitrogen and oxygen atoms in total. The summed E-state index contributed by atoms with van der Waals surface area (Å²) in [6.45, 7) is 0. The van der Waals surface area contributed by atoms with Crippen molar-refractivity contribution in [3.63, 3.8) is 0 Å². The average molecular weight is 458 g/mol. The molecule has 1 atom stereocenters. The van der Waals surface area contributed by atoms with E-state index in [1.165, 1.54) is 37.7 Å². The Kier molecular flexibility index (Phi) is 6.62. The number of aromatic amines is 2. The molecular formula is C25H27N7S. The minimum Gasteiger partial charge on any atom is -0.263 e. The van der Waals surface area contributed by atoms with Gasteiger partial charge >= 0.3 is 0 Å². The molecule has 0 spiro atoms. The lowest BCUT2D eigenvalue weighted by molar-refractivity contribution is 0.302. The van der Waals surface area contributed by atoms with Gasteiger partial charge in [-0.05, 0) is 57.7 Å². The second-order valence-electron chi connectivity index (χ2n) is 8.72. The first-order chi connectivity index (χ1) is 16.3. The third kappa shape index (κ3) is 4.90. The van der Waals surface area contributed by atoms with E-state index in [1.54, 1.807) is 0 Å². The number of hydrogen-bond donors (Lipinski definition) is 2. The fourth-order valence-corrected chi connectivity index (χ4v) is 5.12. The number of hydrogen-bond acceptors (Lipinski definition) is 6. The van der Waals surface area contributed by atoms with Gasteiger partial charge in [0.2, 0.25) is 0 Å². The predicted molar refractivity (Wildman–Crippen MR) is 132 cm³/mol. The van der Waals surface area contributed by atoms with E-state index < -0.39 is 0 Å². The summed E-state index contributed by atoms with van der Waals surface area (Å²) in [4.78, 5) is 4.87.